The van der Waals surface area contributed by atoms with Gasteiger partial charge in [0.1, 0.15) is 0 Å². The Hall–Kier alpha value is -0.120. The Morgan fingerprint density at radius 2 is 0.667 bits per heavy atom. The van der Waals surface area contributed by atoms with Crippen LogP contribution in [0.3, 0.4) is 0 Å². The Labute approximate surface area is 136 Å². The molecule has 0 radical (unpaired) electrons. The van der Waals surface area contributed by atoms with Gasteiger partial charge >= 0.3 is 0 Å². The molecule has 132 valence electrons. The average Bonchev–Trinajstić information content (AvgIpc) is 2.50. The van der Waals surface area contributed by atoms with Crippen LogP contribution in [0.1, 0.15) is 80.1 Å². The predicted octanol–water partition coefficient (Wildman–Crippen LogP) is 4.19. The zero-order valence-corrected chi connectivity index (χ0v) is 16.0. The summed E-state index contributed by atoms with van der Waals surface area (Å²) in [6.45, 7) is 19.9. The number of unbranched alkanes of at least 4 members (excludes halogenated alkanes) is 3. The summed E-state index contributed by atoms with van der Waals surface area (Å²) in [7, 11) is 0. The van der Waals surface area contributed by atoms with Gasteiger partial charge in [0.05, 0.1) is 0 Å². The third-order valence-corrected chi connectivity index (χ3v) is 2.87. The van der Waals surface area contributed by atoms with Crippen molar-refractivity contribution in [3.05, 3.63) is 0 Å². The Morgan fingerprint density at radius 1 is 0.429 bits per heavy atom. The first kappa shape index (κ1) is 25.8. The molecule has 0 fully saturated rings. The molecule has 0 aromatic heterocycles. The maximum absolute atomic E-state index is 3.25. The van der Waals surface area contributed by atoms with Crippen LogP contribution in [0.4, 0.5) is 0 Å². The number of hydrogen-bond acceptors (Lipinski definition) is 3. The molecule has 0 aliphatic rings. The molecule has 3 N–H and O–H groups in total. The van der Waals surface area contributed by atoms with E-state index in [0.29, 0.717) is 0 Å². The summed E-state index contributed by atoms with van der Waals surface area (Å²) in [5, 5.41) is 9.75. The van der Waals surface area contributed by atoms with Gasteiger partial charge in [0, 0.05) is 0 Å². The highest BCUT2D eigenvalue weighted by molar-refractivity contribution is 4.40. The highest BCUT2D eigenvalue weighted by atomic mass is 14.8. The summed E-state index contributed by atoms with van der Waals surface area (Å²) < 4.78 is 0. The van der Waals surface area contributed by atoms with Gasteiger partial charge in [-0.25, -0.2) is 0 Å². The van der Waals surface area contributed by atoms with Crippen molar-refractivity contribution in [3.63, 3.8) is 0 Å². The molecule has 0 spiro atoms. The number of hydrogen-bond donors (Lipinski definition) is 3. The minimum atomic E-state index is 1.11. The quantitative estimate of drug-likeness (QED) is 0.473. The SMILES string of the molecule is CCCCNCC.CCCCNCC.CCCCNCC. The third-order valence-electron chi connectivity index (χ3n) is 2.87. The summed E-state index contributed by atoms with van der Waals surface area (Å²) in [5.41, 5.74) is 0. The van der Waals surface area contributed by atoms with Gasteiger partial charge in [-0.2, -0.15) is 0 Å². The van der Waals surface area contributed by atoms with Gasteiger partial charge in [-0.1, -0.05) is 60.8 Å². The molecule has 0 amide bonds. The first-order chi connectivity index (χ1) is 10.2. The van der Waals surface area contributed by atoms with E-state index in [4.69, 9.17) is 0 Å². The number of rotatable bonds is 12. The lowest BCUT2D eigenvalue weighted by Crippen LogP contribution is -2.13. The van der Waals surface area contributed by atoms with Crippen LogP contribution in [0, 0.1) is 0 Å². The van der Waals surface area contributed by atoms with Gasteiger partial charge in [0.2, 0.25) is 0 Å². The second kappa shape index (κ2) is 32.0. The van der Waals surface area contributed by atoms with Crippen molar-refractivity contribution in [2.24, 2.45) is 0 Å². The molecule has 3 heteroatoms. The van der Waals surface area contributed by atoms with Crippen molar-refractivity contribution in [3.8, 4) is 0 Å². The number of nitrogens with one attached hydrogen (secondary N) is 3. The van der Waals surface area contributed by atoms with Gasteiger partial charge in [-0.05, 0) is 58.5 Å². The van der Waals surface area contributed by atoms with E-state index in [1.165, 1.54) is 58.2 Å². The Kier molecular flexibility index (Phi) is 39.3. The molecule has 21 heavy (non-hydrogen) atoms. The minimum Gasteiger partial charge on any atom is -0.317 e. The molecule has 0 saturated carbocycles. The zero-order valence-electron chi connectivity index (χ0n) is 16.0. The van der Waals surface area contributed by atoms with Crippen LogP contribution >= 0.6 is 0 Å². The fourth-order valence-corrected chi connectivity index (χ4v) is 1.44. The monoisotopic (exact) mass is 303 g/mol. The van der Waals surface area contributed by atoms with Crippen molar-refractivity contribution in [2.75, 3.05) is 39.3 Å². The van der Waals surface area contributed by atoms with E-state index >= 15 is 0 Å². The van der Waals surface area contributed by atoms with Crippen LogP contribution in [-0.4, -0.2) is 39.3 Å². The average molecular weight is 304 g/mol. The first-order valence-electron chi connectivity index (χ1n) is 9.36. The molecule has 0 aliphatic carbocycles. The highest BCUT2D eigenvalue weighted by Crippen LogP contribution is 1.81. The van der Waals surface area contributed by atoms with Crippen molar-refractivity contribution >= 4 is 0 Å². The van der Waals surface area contributed by atoms with Crippen LogP contribution in [-0.2, 0) is 0 Å². The Morgan fingerprint density at radius 3 is 0.810 bits per heavy atom. The van der Waals surface area contributed by atoms with Gasteiger partial charge in [0.25, 0.3) is 0 Å². The molecule has 0 aromatic carbocycles. The molecule has 0 rings (SSSR count). The topological polar surface area (TPSA) is 36.1 Å². The molecule has 0 heterocycles. The largest absolute Gasteiger partial charge is 0.317 e. The molecule has 0 atom stereocenters. The standard InChI is InChI=1S/3C6H15N/c3*1-3-5-6-7-4-2/h3*7H,3-6H2,1-2H3. The molecule has 0 unspecified atom stereocenters. The Balaban J connectivity index is -0.000000231. The fourth-order valence-electron chi connectivity index (χ4n) is 1.44. The normalized spacial score (nSPS) is 9.43. The molecular weight excluding hydrogens is 258 g/mol. The van der Waals surface area contributed by atoms with E-state index in [2.05, 4.69) is 57.5 Å². The summed E-state index contributed by atoms with van der Waals surface area (Å²) in [5.74, 6) is 0. The van der Waals surface area contributed by atoms with Crippen molar-refractivity contribution in [1.82, 2.24) is 16.0 Å². The van der Waals surface area contributed by atoms with Gasteiger partial charge in [0.15, 0.2) is 0 Å². The van der Waals surface area contributed by atoms with Gasteiger partial charge in [-0.15, -0.1) is 0 Å². The van der Waals surface area contributed by atoms with E-state index in [1.54, 1.807) is 0 Å². The highest BCUT2D eigenvalue weighted by Gasteiger charge is 1.78. The van der Waals surface area contributed by atoms with Crippen LogP contribution in [0.15, 0.2) is 0 Å². The summed E-state index contributed by atoms with van der Waals surface area (Å²) in [6, 6.07) is 0. The van der Waals surface area contributed by atoms with Gasteiger partial charge < -0.3 is 16.0 Å². The van der Waals surface area contributed by atoms with Crippen molar-refractivity contribution in [2.45, 2.75) is 80.1 Å². The maximum atomic E-state index is 3.25. The molecule has 0 saturated heterocycles. The first-order valence-corrected chi connectivity index (χ1v) is 9.36. The van der Waals surface area contributed by atoms with Crippen LogP contribution in [0.5, 0.6) is 0 Å². The lowest BCUT2D eigenvalue weighted by Gasteiger charge is -1.95. The van der Waals surface area contributed by atoms with E-state index in [-0.39, 0.29) is 0 Å². The van der Waals surface area contributed by atoms with E-state index in [9.17, 15) is 0 Å². The van der Waals surface area contributed by atoms with Crippen LogP contribution in [0.25, 0.3) is 0 Å². The van der Waals surface area contributed by atoms with Crippen LogP contribution in [0.2, 0.25) is 0 Å². The third kappa shape index (κ3) is 45.0. The second-order valence-corrected chi connectivity index (χ2v) is 5.12. The van der Waals surface area contributed by atoms with Crippen molar-refractivity contribution in [1.29, 1.82) is 0 Å². The zero-order chi connectivity index (χ0) is 16.6. The van der Waals surface area contributed by atoms with Gasteiger partial charge in [-0.3, -0.25) is 0 Å². The van der Waals surface area contributed by atoms with E-state index < -0.39 is 0 Å². The molecule has 0 bridgehead atoms. The molecule has 0 aromatic rings. The summed E-state index contributed by atoms with van der Waals surface area (Å²) >= 11 is 0. The summed E-state index contributed by atoms with van der Waals surface area (Å²) in [4.78, 5) is 0. The molecule has 3 nitrogen and oxygen atoms in total. The van der Waals surface area contributed by atoms with Crippen LogP contribution < -0.4 is 16.0 Å². The lowest BCUT2D eigenvalue weighted by atomic mass is 10.3. The lowest BCUT2D eigenvalue weighted by molar-refractivity contribution is 0.663. The maximum Gasteiger partial charge on any atom is -0.00491 e. The predicted molar refractivity (Wildman–Crippen MR) is 100 cm³/mol. The van der Waals surface area contributed by atoms with E-state index in [1.807, 2.05) is 0 Å². The van der Waals surface area contributed by atoms with Crippen molar-refractivity contribution < 1.29 is 0 Å². The smallest absolute Gasteiger partial charge is 0.00491 e. The Bertz CT molecular complexity index is 93.9. The molecular formula is C18H45N3. The fraction of sp³-hybridized carbons (Fsp3) is 1.00. The van der Waals surface area contributed by atoms with E-state index in [0.717, 1.165) is 19.6 Å². The summed E-state index contributed by atoms with van der Waals surface area (Å²) in [6.07, 6.45) is 7.84. The second-order valence-electron chi connectivity index (χ2n) is 5.12. The minimum absolute atomic E-state index is 1.11. The molecule has 0 aliphatic heterocycles.